The third-order valence-electron chi connectivity index (χ3n) is 1.88. The van der Waals surface area contributed by atoms with Gasteiger partial charge in [0.1, 0.15) is 5.52 Å². The second kappa shape index (κ2) is 2.26. The van der Waals surface area contributed by atoms with Crippen molar-refractivity contribution in [3.05, 3.63) is 30.7 Å². The molecule has 62 valence electrons. The molecule has 0 fully saturated rings. The highest BCUT2D eigenvalue weighted by molar-refractivity contribution is 5.98. The third-order valence-corrected chi connectivity index (χ3v) is 1.88. The zero-order chi connectivity index (χ0) is 8.67. The van der Waals surface area contributed by atoms with Crippen LogP contribution in [-0.2, 0) is 0 Å². The fraction of sp³-hybridized carbons (Fsp3) is 0. The highest BCUT2D eigenvalue weighted by Gasteiger charge is 2.07. The number of hydrogen-bond donors (Lipinski definition) is 0. The summed E-state index contributed by atoms with van der Waals surface area (Å²) in [4.78, 5) is 12.3. The summed E-state index contributed by atoms with van der Waals surface area (Å²) in [5.41, 5.74) is 1.89. The van der Waals surface area contributed by atoms with E-state index in [-0.39, 0.29) is 0 Å². The zero-order valence-electron chi connectivity index (χ0n) is 6.64. The minimum Gasteiger partial charge on any atom is -0.418 e. The molecule has 0 saturated carbocycles. The van der Waals surface area contributed by atoms with Crippen molar-refractivity contribution in [1.29, 1.82) is 0 Å². The lowest BCUT2D eigenvalue weighted by molar-refractivity contribution is 0.639. The Morgan fingerprint density at radius 1 is 0.923 bits per heavy atom. The van der Waals surface area contributed by atoms with Crippen LogP contribution in [0.5, 0.6) is 0 Å². The third kappa shape index (κ3) is 0.823. The lowest BCUT2D eigenvalue weighted by Gasteiger charge is -1.83. The average molecular weight is 171 g/mol. The fourth-order valence-electron chi connectivity index (χ4n) is 1.33. The molecule has 3 heterocycles. The fourth-order valence-corrected chi connectivity index (χ4v) is 1.33. The molecule has 4 nitrogen and oxygen atoms in total. The van der Waals surface area contributed by atoms with Gasteiger partial charge in [-0.2, -0.15) is 0 Å². The predicted molar refractivity (Wildman–Crippen MR) is 47.1 cm³/mol. The maximum Gasteiger partial charge on any atom is 0.248 e. The minimum atomic E-state index is 0.538. The van der Waals surface area contributed by atoms with Crippen molar-refractivity contribution >= 4 is 22.3 Å². The number of furan rings is 1. The zero-order valence-corrected chi connectivity index (χ0v) is 6.64. The molecule has 0 aliphatic carbocycles. The molecule has 3 aromatic heterocycles. The summed E-state index contributed by atoms with van der Waals surface area (Å²) in [6, 6.07) is 3.77. The van der Waals surface area contributed by atoms with E-state index < -0.39 is 0 Å². The summed E-state index contributed by atoms with van der Waals surface area (Å²) in [5.74, 6) is 0. The maximum atomic E-state index is 5.37. The molecule has 0 aliphatic heterocycles. The van der Waals surface area contributed by atoms with Crippen LogP contribution in [0.1, 0.15) is 0 Å². The first kappa shape index (κ1) is 6.54. The second-order valence-corrected chi connectivity index (χ2v) is 2.67. The van der Waals surface area contributed by atoms with Gasteiger partial charge in [0.25, 0.3) is 0 Å². The molecule has 0 saturated heterocycles. The van der Waals surface area contributed by atoms with Crippen LogP contribution in [0, 0.1) is 0 Å². The van der Waals surface area contributed by atoms with Crippen LogP contribution < -0.4 is 0 Å². The Kier molecular flexibility index (Phi) is 1.14. The minimum absolute atomic E-state index is 0.538. The first-order valence-corrected chi connectivity index (χ1v) is 3.89. The summed E-state index contributed by atoms with van der Waals surface area (Å²) in [6.45, 7) is 0. The first-order chi connectivity index (χ1) is 6.45. The van der Waals surface area contributed by atoms with Crippen molar-refractivity contribution in [2.24, 2.45) is 0 Å². The van der Waals surface area contributed by atoms with E-state index in [4.69, 9.17) is 4.42 Å². The van der Waals surface area contributed by atoms with Crippen LogP contribution in [-0.4, -0.2) is 15.0 Å². The first-order valence-electron chi connectivity index (χ1n) is 3.89. The number of pyridine rings is 1. The highest BCUT2D eigenvalue weighted by atomic mass is 16.3. The van der Waals surface area contributed by atoms with Crippen LogP contribution in [0.3, 0.4) is 0 Å². The Morgan fingerprint density at radius 2 is 1.77 bits per heavy atom. The monoisotopic (exact) mass is 171 g/mol. The maximum absolute atomic E-state index is 5.37. The highest BCUT2D eigenvalue weighted by Crippen LogP contribution is 2.22. The van der Waals surface area contributed by atoms with Gasteiger partial charge in [-0.1, -0.05) is 0 Å². The number of aromatic nitrogens is 3. The predicted octanol–water partition coefficient (Wildman–Crippen LogP) is 1.77. The van der Waals surface area contributed by atoms with E-state index in [1.165, 1.54) is 0 Å². The van der Waals surface area contributed by atoms with Crippen molar-refractivity contribution in [2.75, 3.05) is 0 Å². The summed E-state index contributed by atoms with van der Waals surface area (Å²) in [5, 5.41) is 0.908. The van der Waals surface area contributed by atoms with Crippen LogP contribution in [0.25, 0.3) is 22.3 Å². The van der Waals surface area contributed by atoms with Crippen LogP contribution in [0.4, 0.5) is 0 Å². The lowest BCUT2D eigenvalue weighted by Crippen LogP contribution is -1.75. The molecule has 0 atom stereocenters. The number of rotatable bonds is 0. The Labute approximate surface area is 73.2 Å². The van der Waals surface area contributed by atoms with Gasteiger partial charge in [0.15, 0.2) is 0 Å². The van der Waals surface area contributed by atoms with E-state index in [1.54, 1.807) is 18.6 Å². The van der Waals surface area contributed by atoms with Gasteiger partial charge in [0.2, 0.25) is 11.4 Å². The van der Waals surface area contributed by atoms with Crippen LogP contribution >= 0.6 is 0 Å². The quantitative estimate of drug-likeness (QED) is 0.517. The van der Waals surface area contributed by atoms with E-state index in [9.17, 15) is 0 Å². The molecule has 0 bridgehead atoms. The summed E-state index contributed by atoms with van der Waals surface area (Å²) in [7, 11) is 0. The SMILES string of the molecule is c1cnc2oc3nccnc3c2c1. The molecule has 0 unspecified atom stereocenters. The smallest absolute Gasteiger partial charge is 0.248 e. The van der Waals surface area contributed by atoms with Gasteiger partial charge in [-0.25, -0.2) is 15.0 Å². The molecule has 0 N–H and O–H groups in total. The van der Waals surface area contributed by atoms with Crippen molar-refractivity contribution in [2.45, 2.75) is 0 Å². The van der Waals surface area contributed by atoms with E-state index >= 15 is 0 Å². The molecule has 0 aliphatic rings. The van der Waals surface area contributed by atoms with Gasteiger partial charge >= 0.3 is 0 Å². The molecule has 0 aromatic carbocycles. The molecule has 3 aromatic rings. The van der Waals surface area contributed by atoms with Gasteiger partial charge in [-0.05, 0) is 12.1 Å². The Bertz CT molecular complexity index is 523. The molecule has 3 rings (SSSR count). The van der Waals surface area contributed by atoms with Gasteiger partial charge in [-0.3, -0.25) is 0 Å². The van der Waals surface area contributed by atoms with Crippen molar-refractivity contribution in [1.82, 2.24) is 15.0 Å². The Morgan fingerprint density at radius 3 is 2.77 bits per heavy atom. The van der Waals surface area contributed by atoms with Crippen molar-refractivity contribution in [3.63, 3.8) is 0 Å². The van der Waals surface area contributed by atoms with Gasteiger partial charge in [0.05, 0.1) is 5.39 Å². The molecule has 0 spiro atoms. The van der Waals surface area contributed by atoms with Gasteiger partial charge in [-0.15, -0.1) is 0 Å². The summed E-state index contributed by atoms with van der Waals surface area (Å²) < 4.78 is 5.37. The molecule has 0 radical (unpaired) electrons. The number of fused-ring (bicyclic) bond motifs is 3. The standard InChI is InChI=1S/C9H5N3O/c1-2-6-7-9(12-5-4-10-7)13-8(6)11-3-1/h1-5H. The Balaban J connectivity index is 2.64. The largest absolute Gasteiger partial charge is 0.418 e. The van der Waals surface area contributed by atoms with E-state index in [1.807, 2.05) is 12.1 Å². The molecular formula is C9H5N3O. The lowest BCUT2D eigenvalue weighted by atomic mass is 10.3. The van der Waals surface area contributed by atoms with Crippen LogP contribution in [0.2, 0.25) is 0 Å². The molecule has 0 amide bonds. The van der Waals surface area contributed by atoms with Gasteiger partial charge < -0.3 is 4.42 Å². The summed E-state index contributed by atoms with van der Waals surface area (Å²) in [6.07, 6.45) is 4.93. The van der Waals surface area contributed by atoms with E-state index in [2.05, 4.69) is 15.0 Å². The topological polar surface area (TPSA) is 51.8 Å². The number of hydrogen-bond acceptors (Lipinski definition) is 4. The molecular weight excluding hydrogens is 166 g/mol. The molecule has 4 heteroatoms. The van der Waals surface area contributed by atoms with Crippen molar-refractivity contribution in [3.8, 4) is 0 Å². The Hall–Kier alpha value is -1.97. The number of nitrogens with zero attached hydrogens (tertiary/aromatic N) is 3. The average Bonchev–Trinajstić information content (AvgIpc) is 2.56. The van der Waals surface area contributed by atoms with Gasteiger partial charge in [0, 0.05) is 18.6 Å². The van der Waals surface area contributed by atoms with E-state index in [0.29, 0.717) is 11.4 Å². The summed E-state index contributed by atoms with van der Waals surface area (Å²) >= 11 is 0. The van der Waals surface area contributed by atoms with Crippen molar-refractivity contribution < 1.29 is 4.42 Å². The molecule has 13 heavy (non-hydrogen) atoms. The van der Waals surface area contributed by atoms with E-state index in [0.717, 1.165) is 10.9 Å². The normalized spacial score (nSPS) is 11.1. The second-order valence-electron chi connectivity index (χ2n) is 2.67. The van der Waals surface area contributed by atoms with Crippen LogP contribution in [0.15, 0.2) is 35.1 Å².